The lowest BCUT2D eigenvalue weighted by atomic mass is 10.2. The van der Waals surface area contributed by atoms with Crippen molar-refractivity contribution in [3.05, 3.63) is 35.7 Å². The molecule has 0 aliphatic carbocycles. The predicted octanol–water partition coefficient (Wildman–Crippen LogP) is 0.0813. The largest absolute Gasteiger partial charge is 0.392 e. The summed E-state index contributed by atoms with van der Waals surface area (Å²) in [7, 11) is 0. The normalized spacial score (nSPS) is 12.2. The van der Waals surface area contributed by atoms with Crippen molar-refractivity contribution in [1.29, 1.82) is 0 Å². The first-order valence-corrected chi connectivity index (χ1v) is 5.89. The van der Waals surface area contributed by atoms with Crippen LogP contribution in [0.1, 0.15) is 23.1 Å². The van der Waals surface area contributed by atoms with Crippen molar-refractivity contribution in [1.82, 2.24) is 25.5 Å². The van der Waals surface area contributed by atoms with Gasteiger partial charge in [-0.3, -0.25) is 4.79 Å². The Hall–Kier alpha value is -2.28. The number of rotatable bonds is 4. The molecule has 1 aromatic carbocycles. The third kappa shape index (κ3) is 3.35. The molecule has 0 fully saturated rings. The number of carbonyl (C=O) groups excluding carboxylic acids is 1. The minimum absolute atomic E-state index is 0.0266. The molecule has 0 radical (unpaired) electrons. The number of nitrogens with zero attached hydrogens (tertiary/aromatic N) is 4. The molecule has 0 spiro atoms. The molecule has 1 atom stereocenters. The van der Waals surface area contributed by atoms with E-state index in [-0.39, 0.29) is 12.4 Å². The maximum absolute atomic E-state index is 11.6. The van der Waals surface area contributed by atoms with Crippen LogP contribution in [-0.4, -0.2) is 43.9 Å². The van der Waals surface area contributed by atoms with Gasteiger partial charge in [0.25, 0.3) is 11.7 Å². The summed E-state index contributed by atoms with van der Waals surface area (Å²) in [5.41, 5.74) is 1.85. The lowest BCUT2D eigenvalue weighted by Crippen LogP contribution is -2.31. The zero-order valence-corrected chi connectivity index (χ0v) is 10.7. The highest BCUT2D eigenvalue weighted by molar-refractivity contribution is 5.90. The molecule has 19 heavy (non-hydrogen) atoms. The molecule has 1 amide bonds. The second kappa shape index (κ2) is 5.57. The average Bonchev–Trinajstić information content (AvgIpc) is 2.86. The summed E-state index contributed by atoms with van der Waals surface area (Å²) in [5, 5.41) is 23.1. The second-order valence-corrected chi connectivity index (χ2v) is 4.30. The van der Waals surface area contributed by atoms with Crippen molar-refractivity contribution in [3.63, 3.8) is 0 Å². The van der Waals surface area contributed by atoms with Gasteiger partial charge in [-0.2, -0.15) is 0 Å². The van der Waals surface area contributed by atoms with Gasteiger partial charge in [-0.25, -0.2) is 0 Å². The van der Waals surface area contributed by atoms with E-state index in [1.807, 2.05) is 31.2 Å². The van der Waals surface area contributed by atoms with Crippen LogP contribution in [-0.2, 0) is 0 Å². The van der Waals surface area contributed by atoms with E-state index in [4.69, 9.17) is 5.11 Å². The molecule has 0 saturated carbocycles. The fourth-order valence-electron chi connectivity index (χ4n) is 1.41. The quantitative estimate of drug-likeness (QED) is 0.813. The van der Waals surface area contributed by atoms with Crippen molar-refractivity contribution in [2.75, 3.05) is 6.54 Å². The SMILES string of the molecule is Cc1ccc(-n2nnc(C(=O)NC[C@H](C)O)n2)cc1. The summed E-state index contributed by atoms with van der Waals surface area (Å²) < 4.78 is 0. The summed E-state index contributed by atoms with van der Waals surface area (Å²) in [6.07, 6.45) is -0.615. The minimum atomic E-state index is -0.615. The highest BCUT2D eigenvalue weighted by atomic mass is 16.3. The molecule has 0 saturated heterocycles. The zero-order chi connectivity index (χ0) is 13.8. The van der Waals surface area contributed by atoms with Crippen molar-refractivity contribution < 1.29 is 9.90 Å². The molecule has 2 aromatic rings. The number of tetrazole rings is 1. The van der Waals surface area contributed by atoms with Gasteiger partial charge in [-0.1, -0.05) is 17.7 Å². The number of aliphatic hydroxyl groups is 1. The van der Waals surface area contributed by atoms with Crippen LogP contribution in [0, 0.1) is 6.92 Å². The average molecular weight is 261 g/mol. The van der Waals surface area contributed by atoms with Crippen molar-refractivity contribution in [2.24, 2.45) is 0 Å². The molecule has 0 aliphatic rings. The van der Waals surface area contributed by atoms with E-state index in [0.29, 0.717) is 0 Å². The summed E-state index contributed by atoms with van der Waals surface area (Å²) in [6, 6.07) is 7.53. The summed E-state index contributed by atoms with van der Waals surface area (Å²) in [4.78, 5) is 12.9. The van der Waals surface area contributed by atoms with E-state index in [0.717, 1.165) is 11.3 Å². The fourth-order valence-corrected chi connectivity index (χ4v) is 1.41. The van der Waals surface area contributed by atoms with E-state index in [1.165, 1.54) is 4.80 Å². The molecule has 100 valence electrons. The smallest absolute Gasteiger partial charge is 0.293 e. The first kappa shape index (κ1) is 13.2. The minimum Gasteiger partial charge on any atom is -0.392 e. The standard InChI is InChI=1S/C12H15N5O2/c1-8-3-5-10(6-4-8)17-15-11(14-16-17)12(19)13-7-9(2)18/h3-6,9,18H,7H2,1-2H3,(H,13,19)/t9-/m0/s1. The Kier molecular flexibility index (Phi) is 3.86. The molecule has 2 rings (SSSR count). The molecule has 0 unspecified atom stereocenters. The Morgan fingerprint density at radius 3 is 2.74 bits per heavy atom. The van der Waals surface area contributed by atoms with Crippen LogP contribution in [0.4, 0.5) is 0 Å². The number of hydrogen-bond acceptors (Lipinski definition) is 5. The van der Waals surface area contributed by atoms with Gasteiger partial charge in [0.15, 0.2) is 0 Å². The predicted molar refractivity (Wildman–Crippen MR) is 67.9 cm³/mol. The van der Waals surface area contributed by atoms with E-state index in [1.54, 1.807) is 6.92 Å². The molecule has 7 heteroatoms. The molecular weight excluding hydrogens is 246 g/mol. The van der Waals surface area contributed by atoms with Crippen LogP contribution < -0.4 is 5.32 Å². The van der Waals surface area contributed by atoms with Gasteiger partial charge >= 0.3 is 0 Å². The lowest BCUT2D eigenvalue weighted by Gasteiger charge is -2.03. The van der Waals surface area contributed by atoms with Crippen LogP contribution in [0.2, 0.25) is 0 Å². The first-order valence-electron chi connectivity index (χ1n) is 5.89. The summed E-state index contributed by atoms with van der Waals surface area (Å²) in [5.74, 6) is -0.486. The van der Waals surface area contributed by atoms with Crippen molar-refractivity contribution in [3.8, 4) is 5.69 Å². The van der Waals surface area contributed by atoms with Gasteiger partial charge in [-0.05, 0) is 31.2 Å². The van der Waals surface area contributed by atoms with Gasteiger partial charge in [0.1, 0.15) is 0 Å². The van der Waals surface area contributed by atoms with Crippen LogP contribution >= 0.6 is 0 Å². The zero-order valence-electron chi connectivity index (χ0n) is 10.7. The number of amides is 1. The maximum Gasteiger partial charge on any atom is 0.293 e. The van der Waals surface area contributed by atoms with Gasteiger partial charge < -0.3 is 10.4 Å². The van der Waals surface area contributed by atoms with Crippen LogP contribution in [0.25, 0.3) is 5.69 Å². The van der Waals surface area contributed by atoms with Gasteiger partial charge in [-0.15, -0.1) is 15.0 Å². The lowest BCUT2D eigenvalue weighted by molar-refractivity contribution is 0.0913. The molecule has 0 bridgehead atoms. The number of nitrogens with one attached hydrogen (secondary N) is 1. The highest BCUT2D eigenvalue weighted by Crippen LogP contribution is 2.06. The maximum atomic E-state index is 11.6. The molecule has 1 heterocycles. The number of aliphatic hydroxyl groups excluding tert-OH is 1. The molecule has 1 aromatic heterocycles. The van der Waals surface area contributed by atoms with Crippen LogP contribution in [0.5, 0.6) is 0 Å². The Morgan fingerprint density at radius 1 is 1.42 bits per heavy atom. The van der Waals surface area contributed by atoms with E-state index >= 15 is 0 Å². The number of benzene rings is 1. The number of hydrogen-bond donors (Lipinski definition) is 2. The second-order valence-electron chi connectivity index (χ2n) is 4.30. The highest BCUT2D eigenvalue weighted by Gasteiger charge is 2.13. The molecule has 0 aliphatic heterocycles. The number of aryl methyl sites for hydroxylation is 1. The van der Waals surface area contributed by atoms with Crippen LogP contribution in [0.3, 0.4) is 0 Å². The topological polar surface area (TPSA) is 92.9 Å². The Morgan fingerprint density at radius 2 is 2.11 bits per heavy atom. The third-order valence-electron chi connectivity index (χ3n) is 2.44. The van der Waals surface area contributed by atoms with E-state index in [9.17, 15) is 4.79 Å². The Labute approximate surface area is 110 Å². The van der Waals surface area contributed by atoms with E-state index in [2.05, 4.69) is 20.7 Å². The number of carbonyl (C=O) groups is 1. The first-order chi connectivity index (χ1) is 9.06. The van der Waals surface area contributed by atoms with Gasteiger partial charge in [0, 0.05) is 6.54 Å². The molecule has 2 N–H and O–H groups in total. The van der Waals surface area contributed by atoms with Crippen molar-refractivity contribution >= 4 is 5.91 Å². The van der Waals surface area contributed by atoms with E-state index < -0.39 is 12.0 Å². The third-order valence-corrected chi connectivity index (χ3v) is 2.44. The Balaban J connectivity index is 2.10. The monoisotopic (exact) mass is 261 g/mol. The summed E-state index contributed by atoms with van der Waals surface area (Å²) in [6.45, 7) is 3.71. The molecule has 7 nitrogen and oxygen atoms in total. The number of aromatic nitrogens is 4. The summed E-state index contributed by atoms with van der Waals surface area (Å²) >= 11 is 0. The Bertz CT molecular complexity index is 562. The van der Waals surface area contributed by atoms with Gasteiger partial charge in [0.2, 0.25) is 0 Å². The molecular formula is C12H15N5O2. The fraction of sp³-hybridized carbons (Fsp3) is 0.333. The van der Waals surface area contributed by atoms with Crippen LogP contribution in [0.15, 0.2) is 24.3 Å². The van der Waals surface area contributed by atoms with Gasteiger partial charge in [0.05, 0.1) is 11.8 Å². The van der Waals surface area contributed by atoms with Crippen molar-refractivity contribution in [2.45, 2.75) is 20.0 Å².